The van der Waals surface area contributed by atoms with Crippen LogP contribution in [0.25, 0.3) is 0 Å². The molecule has 0 aromatic carbocycles. The van der Waals surface area contributed by atoms with Crippen LogP contribution in [0.4, 0.5) is 0 Å². The van der Waals surface area contributed by atoms with E-state index in [0.717, 1.165) is 25.7 Å². The molecule has 0 saturated carbocycles. The summed E-state index contributed by atoms with van der Waals surface area (Å²) in [6, 6.07) is 0. The Bertz CT molecular complexity index is 449. The van der Waals surface area contributed by atoms with Gasteiger partial charge in [0.15, 0.2) is 5.79 Å². The standard InChI is InChI=1S/C20H36O4/c1-14(9-8-10-16(3)21)13-15(2)18(22)19(4,5)17-11-12-23-20(6,7)24-17/h9,15-17,21H,8,10-13H2,1-7H3/b14-9+. The zero-order chi connectivity index (χ0) is 18.5. The molecule has 3 atom stereocenters. The zero-order valence-corrected chi connectivity index (χ0v) is 16.5. The molecule has 24 heavy (non-hydrogen) atoms. The molecule has 1 fully saturated rings. The monoisotopic (exact) mass is 340 g/mol. The maximum Gasteiger partial charge on any atom is 0.163 e. The van der Waals surface area contributed by atoms with Crippen molar-refractivity contribution in [1.29, 1.82) is 0 Å². The fourth-order valence-corrected chi connectivity index (χ4v) is 3.38. The fraction of sp³-hybridized carbons (Fsp3) is 0.850. The molecule has 3 unspecified atom stereocenters. The number of carbonyl (C=O) groups is 1. The van der Waals surface area contributed by atoms with E-state index in [2.05, 4.69) is 13.0 Å². The first kappa shape index (κ1) is 21.3. The Balaban J connectivity index is 2.66. The van der Waals surface area contributed by atoms with Crippen LogP contribution in [-0.2, 0) is 14.3 Å². The minimum atomic E-state index is -0.624. The lowest BCUT2D eigenvalue weighted by molar-refractivity contribution is -0.288. The third-order valence-corrected chi connectivity index (χ3v) is 4.85. The summed E-state index contributed by atoms with van der Waals surface area (Å²) in [5.74, 6) is -0.425. The highest BCUT2D eigenvalue weighted by Crippen LogP contribution is 2.37. The molecular formula is C20H36O4. The predicted octanol–water partition coefficient (Wildman–Crippen LogP) is 4.26. The largest absolute Gasteiger partial charge is 0.393 e. The average molecular weight is 341 g/mol. The van der Waals surface area contributed by atoms with Crippen LogP contribution in [0.3, 0.4) is 0 Å². The van der Waals surface area contributed by atoms with Crippen molar-refractivity contribution in [3.05, 3.63) is 11.6 Å². The molecule has 0 radical (unpaired) electrons. The van der Waals surface area contributed by atoms with E-state index in [1.807, 2.05) is 34.6 Å². The summed E-state index contributed by atoms with van der Waals surface area (Å²) < 4.78 is 11.6. The number of ether oxygens (including phenoxy) is 2. The van der Waals surface area contributed by atoms with Crippen LogP contribution in [0, 0.1) is 11.3 Å². The van der Waals surface area contributed by atoms with Crippen LogP contribution >= 0.6 is 0 Å². The number of aliphatic hydroxyl groups is 1. The van der Waals surface area contributed by atoms with Crippen LogP contribution in [-0.4, -0.2) is 35.5 Å². The van der Waals surface area contributed by atoms with E-state index < -0.39 is 11.2 Å². The van der Waals surface area contributed by atoms with Gasteiger partial charge < -0.3 is 14.6 Å². The average Bonchev–Trinajstić information content (AvgIpc) is 2.44. The molecule has 1 saturated heterocycles. The highest BCUT2D eigenvalue weighted by Gasteiger charge is 2.44. The number of aliphatic hydroxyl groups excluding tert-OH is 1. The molecule has 0 aromatic rings. The Morgan fingerprint density at radius 2 is 2.00 bits per heavy atom. The van der Waals surface area contributed by atoms with Gasteiger partial charge in [-0.3, -0.25) is 4.79 Å². The van der Waals surface area contributed by atoms with E-state index in [0.29, 0.717) is 6.61 Å². The first-order valence-electron chi connectivity index (χ1n) is 9.15. The summed E-state index contributed by atoms with van der Waals surface area (Å²) >= 11 is 0. The molecule has 1 aliphatic rings. The number of hydrogen-bond acceptors (Lipinski definition) is 4. The van der Waals surface area contributed by atoms with Gasteiger partial charge in [0, 0.05) is 5.92 Å². The maximum absolute atomic E-state index is 13.0. The molecule has 0 bridgehead atoms. The first-order valence-corrected chi connectivity index (χ1v) is 9.15. The Morgan fingerprint density at radius 3 is 2.54 bits per heavy atom. The van der Waals surface area contributed by atoms with Crippen LogP contribution < -0.4 is 0 Å². The van der Waals surface area contributed by atoms with Gasteiger partial charge in [-0.15, -0.1) is 0 Å². The molecule has 1 N–H and O–H groups in total. The minimum Gasteiger partial charge on any atom is -0.393 e. The second kappa shape index (κ2) is 8.59. The number of Topliss-reactive ketones (excluding diaryl/α,β-unsaturated/α-hetero) is 1. The summed E-state index contributed by atoms with van der Waals surface area (Å²) in [6.07, 6.45) is 4.86. The zero-order valence-electron chi connectivity index (χ0n) is 16.5. The van der Waals surface area contributed by atoms with E-state index in [4.69, 9.17) is 9.47 Å². The van der Waals surface area contributed by atoms with Gasteiger partial charge in [0.25, 0.3) is 0 Å². The van der Waals surface area contributed by atoms with Crippen molar-refractivity contribution >= 4 is 5.78 Å². The normalized spacial score (nSPS) is 24.5. The number of carbonyl (C=O) groups excluding carboxylic acids is 1. The van der Waals surface area contributed by atoms with Crippen molar-refractivity contribution in [2.24, 2.45) is 11.3 Å². The molecule has 0 aromatic heterocycles. The third-order valence-electron chi connectivity index (χ3n) is 4.85. The molecule has 4 heteroatoms. The first-order chi connectivity index (χ1) is 11.0. The summed E-state index contributed by atoms with van der Waals surface area (Å²) in [6.45, 7) is 14.3. The molecule has 1 rings (SSSR count). The lowest BCUT2D eigenvalue weighted by atomic mass is 9.74. The maximum atomic E-state index is 13.0. The van der Waals surface area contributed by atoms with Crippen LogP contribution in [0.1, 0.15) is 74.1 Å². The van der Waals surface area contributed by atoms with E-state index in [1.54, 1.807) is 6.92 Å². The molecule has 0 amide bonds. The molecule has 140 valence electrons. The van der Waals surface area contributed by atoms with Crippen LogP contribution in [0.5, 0.6) is 0 Å². The second-order valence-electron chi connectivity index (χ2n) is 8.31. The molecule has 1 aliphatic heterocycles. The quantitative estimate of drug-likeness (QED) is 0.671. The third kappa shape index (κ3) is 6.30. The van der Waals surface area contributed by atoms with Crippen molar-refractivity contribution < 1.29 is 19.4 Å². The molecule has 0 spiro atoms. The number of hydrogen-bond donors (Lipinski definition) is 1. The van der Waals surface area contributed by atoms with Gasteiger partial charge >= 0.3 is 0 Å². The summed E-state index contributed by atoms with van der Waals surface area (Å²) in [5, 5.41) is 9.32. The SMILES string of the molecule is C/C(=C\CCC(C)O)CC(C)C(=O)C(C)(C)C1CCOC(C)(C)O1. The molecule has 4 nitrogen and oxygen atoms in total. The minimum absolute atomic E-state index is 0.0441. The highest BCUT2D eigenvalue weighted by molar-refractivity contribution is 5.86. The second-order valence-corrected chi connectivity index (χ2v) is 8.31. The molecule has 1 heterocycles. The Labute approximate surface area is 147 Å². The van der Waals surface area contributed by atoms with E-state index >= 15 is 0 Å². The van der Waals surface area contributed by atoms with Gasteiger partial charge in [0.05, 0.1) is 24.2 Å². The van der Waals surface area contributed by atoms with Gasteiger partial charge in [0.1, 0.15) is 5.78 Å². The topological polar surface area (TPSA) is 55.8 Å². The van der Waals surface area contributed by atoms with Gasteiger partial charge in [-0.2, -0.15) is 0 Å². The smallest absolute Gasteiger partial charge is 0.163 e. The van der Waals surface area contributed by atoms with Crippen molar-refractivity contribution in [1.82, 2.24) is 0 Å². The Hall–Kier alpha value is -0.710. The van der Waals surface area contributed by atoms with Gasteiger partial charge in [-0.1, -0.05) is 32.4 Å². The Kier molecular flexibility index (Phi) is 7.64. The Morgan fingerprint density at radius 1 is 1.38 bits per heavy atom. The molecular weight excluding hydrogens is 304 g/mol. The van der Waals surface area contributed by atoms with Crippen LogP contribution in [0.2, 0.25) is 0 Å². The number of ketones is 1. The molecule has 0 aliphatic carbocycles. The van der Waals surface area contributed by atoms with Gasteiger partial charge in [0.2, 0.25) is 0 Å². The van der Waals surface area contributed by atoms with Crippen molar-refractivity contribution in [2.75, 3.05) is 6.61 Å². The van der Waals surface area contributed by atoms with E-state index in [9.17, 15) is 9.90 Å². The summed E-state index contributed by atoms with van der Waals surface area (Å²) in [4.78, 5) is 13.0. The lowest BCUT2D eigenvalue weighted by Gasteiger charge is -2.43. The summed E-state index contributed by atoms with van der Waals surface area (Å²) in [5.41, 5.74) is 0.681. The van der Waals surface area contributed by atoms with Crippen LogP contribution in [0.15, 0.2) is 11.6 Å². The predicted molar refractivity (Wildman–Crippen MR) is 96.8 cm³/mol. The highest BCUT2D eigenvalue weighted by atomic mass is 16.7. The summed E-state index contributed by atoms with van der Waals surface area (Å²) in [7, 11) is 0. The number of allylic oxidation sites excluding steroid dienone is 2. The van der Waals surface area contributed by atoms with Gasteiger partial charge in [-0.05, 0) is 53.4 Å². The van der Waals surface area contributed by atoms with Crippen molar-refractivity contribution in [3.8, 4) is 0 Å². The fourth-order valence-electron chi connectivity index (χ4n) is 3.38. The van der Waals surface area contributed by atoms with E-state index in [1.165, 1.54) is 5.57 Å². The van der Waals surface area contributed by atoms with E-state index in [-0.39, 0.29) is 23.9 Å². The van der Waals surface area contributed by atoms with Crippen molar-refractivity contribution in [3.63, 3.8) is 0 Å². The van der Waals surface area contributed by atoms with Gasteiger partial charge in [-0.25, -0.2) is 0 Å². The van der Waals surface area contributed by atoms with Crippen molar-refractivity contribution in [2.45, 2.75) is 92.1 Å². The number of rotatable bonds is 8. The lowest BCUT2D eigenvalue weighted by Crippen LogP contribution is -2.50.